The van der Waals surface area contributed by atoms with Gasteiger partial charge in [-0.1, -0.05) is 0 Å². The number of aromatic carboxylic acids is 1. The maximum absolute atomic E-state index is 11.1. The van der Waals surface area contributed by atoms with Crippen LogP contribution < -0.4 is 10.6 Å². The Morgan fingerprint density at radius 2 is 2.20 bits per heavy atom. The summed E-state index contributed by atoms with van der Waals surface area (Å²) in [5.41, 5.74) is 0.0800. The Kier molecular flexibility index (Phi) is 3.61. The number of anilines is 1. The minimum atomic E-state index is -1.05. The molecule has 80 valence electrons. The van der Waals surface area contributed by atoms with Crippen LogP contribution in [0, 0.1) is 0 Å². The van der Waals surface area contributed by atoms with Crippen molar-refractivity contribution in [3.05, 3.63) is 23.9 Å². The van der Waals surface area contributed by atoms with Crippen molar-refractivity contribution in [3.63, 3.8) is 0 Å². The molecule has 0 spiro atoms. The lowest BCUT2D eigenvalue weighted by atomic mass is 10.3. The summed E-state index contributed by atoms with van der Waals surface area (Å²) in [4.78, 5) is 25.3. The molecule has 0 atom stereocenters. The molecule has 0 saturated heterocycles. The number of pyridine rings is 1. The van der Waals surface area contributed by atoms with Crippen molar-refractivity contribution < 1.29 is 14.7 Å². The minimum Gasteiger partial charge on any atom is -0.478 e. The van der Waals surface area contributed by atoms with Crippen LogP contribution in [0.4, 0.5) is 10.6 Å². The second-order valence-corrected chi connectivity index (χ2v) is 2.72. The summed E-state index contributed by atoms with van der Waals surface area (Å²) < 4.78 is 0. The van der Waals surface area contributed by atoms with Gasteiger partial charge in [-0.3, -0.25) is 5.32 Å². The average molecular weight is 209 g/mol. The van der Waals surface area contributed by atoms with Crippen molar-refractivity contribution in [3.8, 4) is 0 Å². The Bertz CT molecular complexity index is 361. The second-order valence-electron chi connectivity index (χ2n) is 2.72. The summed E-state index contributed by atoms with van der Waals surface area (Å²) in [7, 11) is 0. The van der Waals surface area contributed by atoms with Gasteiger partial charge in [0.25, 0.3) is 0 Å². The van der Waals surface area contributed by atoms with Gasteiger partial charge in [0.1, 0.15) is 5.82 Å². The van der Waals surface area contributed by atoms with Crippen LogP contribution in [0.2, 0.25) is 0 Å². The zero-order valence-electron chi connectivity index (χ0n) is 8.15. The highest BCUT2D eigenvalue weighted by Crippen LogP contribution is 2.04. The van der Waals surface area contributed by atoms with Gasteiger partial charge >= 0.3 is 12.0 Å². The Morgan fingerprint density at radius 3 is 2.67 bits per heavy atom. The number of hydrogen-bond donors (Lipinski definition) is 3. The highest BCUT2D eigenvalue weighted by molar-refractivity contribution is 5.90. The summed E-state index contributed by atoms with van der Waals surface area (Å²) >= 11 is 0. The van der Waals surface area contributed by atoms with E-state index in [2.05, 4.69) is 15.6 Å². The molecular weight excluding hydrogens is 198 g/mol. The zero-order chi connectivity index (χ0) is 11.3. The molecule has 0 aliphatic heterocycles. The number of carbonyl (C=O) groups excluding carboxylic acids is 1. The molecule has 0 aliphatic rings. The summed E-state index contributed by atoms with van der Waals surface area (Å²) in [6.45, 7) is 2.31. The molecule has 0 unspecified atom stereocenters. The topological polar surface area (TPSA) is 91.3 Å². The van der Waals surface area contributed by atoms with Gasteiger partial charge in [-0.2, -0.15) is 0 Å². The van der Waals surface area contributed by atoms with Crippen molar-refractivity contribution in [2.45, 2.75) is 6.92 Å². The van der Waals surface area contributed by atoms with Crippen molar-refractivity contribution >= 4 is 17.8 Å². The molecule has 3 N–H and O–H groups in total. The number of nitrogens with one attached hydrogen (secondary N) is 2. The van der Waals surface area contributed by atoms with Crippen LogP contribution in [0.25, 0.3) is 0 Å². The van der Waals surface area contributed by atoms with Crippen LogP contribution in [0.3, 0.4) is 0 Å². The quantitative estimate of drug-likeness (QED) is 0.690. The van der Waals surface area contributed by atoms with Crippen molar-refractivity contribution in [1.82, 2.24) is 10.3 Å². The van der Waals surface area contributed by atoms with E-state index in [-0.39, 0.29) is 11.6 Å². The van der Waals surface area contributed by atoms with Crippen LogP contribution in [-0.2, 0) is 0 Å². The van der Waals surface area contributed by atoms with Gasteiger partial charge in [0.15, 0.2) is 0 Å². The van der Waals surface area contributed by atoms with E-state index < -0.39 is 5.97 Å². The molecule has 1 rings (SSSR count). The third kappa shape index (κ3) is 3.26. The number of carboxylic acids is 1. The molecule has 1 aromatic rings. The standard InChI is InChI=1S/C9H11N3O3/c1-2-10-9(15)12-7-4-3-6(5-11-7)8(13)14/h3-5H,2H2,1H3,(H,13,14)(H2,10,11,12,15). The fraction of sp³-hybridized carbons (Fsp3) is 0.222. The molecule has 6 nitrogen and oxygen atoms in total. The second kappa shape index (κ2) is 4.94. The van der Waals surface area contributed by atoms with Crippen molar-refractivity contribution in [1.29, 1.82) is 0 Å². The van der Waals surface area contributed by atoms with Gasteiger partial charge in [0.2, 0.25) is 0 Å². The van der Waals surface area contributed by atoms with Crippen LogP contribution in [0.1, 0.15) is 17.3 Å². The highest BCUT2D eigenvalue weighted by Gasteiger charge is 2.04. The van der Waals surface area contributed by atoms with Crippen LogP contribution in [-0.4, -0.2) is 28.6 Å². The number of nitrogens with zero attached hydrogens (tertiary/aromatic N) is 1. The smallest absolute Gasteiger partial charge is 0.337 e. The van der Waals surface area contributed by atoms with Crippen LogP contribution in [0.15, 0.2) is 18.3 Å². The average Bonchev–Trinajstić information content (AvgIpc) is 2.18. The van der Waals surface area contributed by atoms with Crippen molar-refractivity contribution in [2.24, 2.45) is 0 Å². The minimum absolute atomic E-state index is 0.0800. The molecule has 6 heteroatoms. The SMILES string of the molecule is CCNC(=O)Nc1ccc(C(=O)O)cn1. The fourth-order valence-electron chi connectivity index (χ4n) is 0.915. The molecular formula is C9H11N3O3. The summed E-state index contributed by atoms with van der Waals surface area (Å²) in [5.74, 6) is -0.738. The predicted octanol–water partition coefficient (Wildman–Crippen LogP) is 0.921. The predicted molar refractivity (Wildman–Crippen MR) is 53.9 cm³/mol. The Labute approximate surface area is 86.3 Å². The first-order chi connectivity index (χ1) is 7.13. The lowest BCUT2D eigenvalue weighted by molar-refractivity contribution is 0.0696. The van der Waals surface area contributed by atoms with Crippen LogP contribution in [0.5, 0.6) is 0 Å². The summed E-state index contributed by atoms with van der Waals surface area (Å²) in [6.07, 6.45) is 1.18. The molecule has 0 aromatic carbocycles. The number of aromatic nitrogens is 1. The lowest BCUT2D eigenvalue weighted by Gasteiger charge is -2.04. The van der Waals surface area contributed by atoms with Gasteiger partial charge in [-0.15, -0.1) is 0 Å². The molecule has 0 bridgehead atoms. The Morgan fingerprint density at radius 1 is 1.47 bits per heavy atom. The van der Waals surface area contributed by atoms with Gasteiger partial charge in [-0.05, 0) is 19.1 Å². The van der Waals surface area contributed by atoms with Gasteiger partial charge < -0.3 is 10.4 Å². The molecule has 0 radical (unpaired) electrons. The molecule has 15 heavy (non-hydrogen) atoms. The zero-order valence-corrected chi connectivity index (χ0v) is 8.15. The largest absolute Gasteiger partial charge is 0.478 e. The van der Waals surface area contributed by atoms with Crippen molar-refractivity contribution in [2.75, 3.05) is 11.9 Å². The van der Waals surface area contributed by atoms with Crippen LogP contribution >= 0.6 is 0 Å². The van der Waals surface area contributed by atoms with E-state index in [0.717, 1.165) is 0 Å². The van der Waals surface area contributed by atoms with Gasteiger partial charge in [0.05, 0.1) is 5.56 Å². The van der Waals surface area contributed by atoms with Gasteiger partial charge in [0, 0.05) is 12.7 Å². The molecule has 0 saturated carbocycles. The molecule has 2 amide bonds. The summed E-state index contributed by atoms with van der Waals surface area (Å²) in [6, 6.07) is 2.43. The first-order valence-corrected chi connectivity index (χ1v) is 4.37. The first kappa shape index (κ1) is 11.0. The lowest BCUT2D eigenvalue weighted by Crippen LogP contribution is -2.28. The third-order valence-electron chi connectivity index (χ3n) is 1.59. The van der Waals surface area contributed by atoms with E-state index >= 15 is 0 Å². The fourth-order valence-corrected chi connectivity index (χ4v) is 0.915. The normalized spacial score (nSPS) is 9.40. The van der Waals surface area contributed by atoms with E-state index in [1.165, 1.54) is 18.3 Å². The highest BCUT2D eigenvalue weighted by atomic mass is 16.4. The van der Waals surface area contributed by atoms with E-state index in [9.17, 15) is 9.59 Å². The molecule has 1 aromatic heterocycles. The van der Waals surface area contributed by atoms with Gasteiger partial charge in [-0.25, -0.2) is 14.6 Å². The third-order valence-corrected chi connectivity index (χ3v) is 1.59. The number of carbonyl (C=O) groups is 2. The van der Waals surface area contributed by atoms with E-state index in [1.54, 1.807) is 6.92 Å². The van der Waals surface area contributed by atoms with E-state index in [1.807, 2.05) is 0 Å². The number of urea groups is 1. The monoisotopic (exact) mass is 209 g/mol. The number of carboxylic acid groups (broad SMARTS) is 1. The number of hydrogen-bond acceptors (Lipinski definition) is 3. The Balaban J connectivity index is 2.64. The molecule has 0 aliphatic carbocycles. The maximum Gasteiger partial charge on any atom is 0.337 e. The Hall–Kier alpha value is -2.11. The summed E-state index contributed by atoms with van der Waals surface area (Å²) in [5, 5.41) is 13.6. The molecule has 0 fully saturated rings. The molecule has 1 heterocycles. The maximum atomic E-state index is 11.1. The number of rotatable bonds is 3. The number of amides is 2. The van der Waals surface area contributed by atoms with E-state index in [4.69, 9.17) is 5.11 Å². The first-order valence-electron chi connectivity index (χ1n) is 4.37. The van der Waals surface area contributed by atoms with E-state index in [0.29, 0.717) is 12.4 Å².